The average Bonchev–Trinajstić information content (AvgIpc) is 3.04. The highest BCUT2D eigenvalue weighted by molar-refractivity contribution is 5.91. The Morgan fingerprint density at radius 2 is 1.81 bits per heavy atom. The average molecular weight is 421 g/mol. The van der Waals surface area contributed by atoms with Crippen LogP contribution < -0.4 is 15.1 Å². The third-order valence-electron chi connectivity index (χ3n) is 6.31. The molecular formula is C24H23NO6. The van der Waals surface area contributed by atoms with Crippen molar-refractivity contribution in [3.63, 3.8) is 0 Å². The van der Waals surface area contributed by atoms with Crippen LogP contribution in [-0.2, 0) is 0 Å². The lowest BCUT2D eigenvalue weighted by molar-refractivity contribution is 0.0496. The van der Waals surface area contributed by atoms with E-state index in [-0.39, 0.29) is 18.2 Å². The third-order valence-corrected chi connectivity index (χ3v) is 6.31. The predicted octanol–water partition coefficient (Wildman–Crippen LogP) is 4.52. The van der Waals surface area contributed by atoms with E-state index >= 15 is 0 Å². The maximum Gasteiger partial charge on any atom is 0.407 e. The Balaban J connectivity index is 1.45. The van der Waals surface area contributed by atoms with Crippen molar-refractivity contribution in [1.82, 2.24) is 4.90 Å². The van der Waals surface area contributed by atoms with Gasteiger partial charge >= 0.3 is 11.7 Å². The first-order valence-electron chi connectivity index (χ1n) is 10.4. The summed E-state index contributed by atoms with van der Waals surface area (Å²) in [6.45, 7) is 0. The molecule has 0 spiro atoms. The molecule has 2 fully saturated rings. The lowest BCUT2D eigenvalue weighted by atomic mass is 10.00. The van der Waals surface area contributed by atoms with Gasteiger partial charge in [0.05, 0.1) is 12.5 Å². The van der Waals surface area contributed by atoms with Crippen molar-refractivity contribution in [3.05, 3.63) is 59.0 Å². The van der Waals surface area contributed by atoms with E-state index in [0.29, 0.717) is 40.9 Å². The van der Waals surface area contributed by atoms with E-state index in [1.807, 2.05) is 42.5 Å². The lowest BCUT2D eigenvalue weighted by Gasteiger charge is -2.37. The highest BCUT2D eigenvalue weighted by Gasteiger charge is 2.44. The Bertz CT molecular complexity index is 1170. The summed E-state index contributed by atoms with van der Waals surface area (Å²) in [7, 11) is 1.54. The van der Waals surface area contributed by atoms with Crippen molar-refractivity contribution >= 4 is 17.1 Å². The molecular weight excluding hydrogens is 398 g/mol. The molecule has 3 aromatic rings. The first-order chi connectivity index (χ1) is 15.0. The predicted molar refractivity (Wildman–Crippen MR) is 115 cm³/mol. The van der Waals surface area contributed by atoms with Crippen LogP contribution in [0.3, 0.4) is 0 Å². The smallest absolute Gasteiger partial charge is 0.407 e. The number of methoxy groups -OCH3 is 1. The van der Waals surface area contributed by atoms with Gasteiger partial charge in [-0.1, -0.05) is 30.3 Å². The molecule has 160 valence electrons. The third kappa shape index (κ3) is 3.40. The van der Waals surface area contributed by atoms with Crippen LogP contribution in [-0.4, -0.2) is 41.4 Å². The molecule has 0 aliphatic carbocycles. The zero-order valence-electron chi connectivity index (χ0n) is 17.1. The van der Waals surface area contributed by atoms with E-state index in [1.165, 1.54) is 7.11 Å². The van der Waals surface area contributed by atoms with Crippen LogP contribution in [0.4, 0.5) is 4.79 Å². The van der Waals surface area contributed by atoms with Crippen LogP contribution in [0.1, 0.15) is 25.7 Å². The zero-order valence-corrected chi connectivity index (χ0v) is 17.1. The van der Waals surface area contributed by atoms with Gasteiger partial charge in [0.15, 0.2) is 0 Å². The minimum atomic E-state index is -0.847. The van der Waals surface area contributed by atoms with Crippen LogP contribution in [0.25, 0.3) is 22.1 Å². The zero-order chi connectivity index (χ0) is 21.5. The second-order valence-electron chi connectivity index (χ2n) is 8.11. The molecule has 31 heavy (non-hydrogen) atoms. The lowest BCUT2D eigenvalue weighted by Crippen LogP contribution is -2.48. The summed E-state index contributed by atoms with van der Waals surface area (Å²) in [5, 5.41) is 10.1. The van der Waals surface area contributed by atoms with Crippen LogP contribution >= 0.6 is 0 Å². The number of hydrogen-bond acceptors (Lipinski definition) is 5. The van der Waals surface area contributed by atoms with Gasteiger partial charge in [0.2, 0.25) is 0 Å². The molecule has 2 bridgehead atoms. The van der Waals surface area contributed by atoms with Gasteiger partial charge in [0.1, 0.15) is 28.7 Å². The number of ether oxygens (including phenoxy) is 2. The summed E-state index contributed by atoms with van der Waals surface area (Å²) in [6.07, 6.45) is 2.18. The van der Waals surface area contributed by atoms with Crippen molar-refractivity contribution in [3.8, 4) is 22.6 Å². The first-order valence-corrected chi connectivity index (χ1v) is 10.4. The van der Waals surface area contributed by atoms with E-state index in [4.69, 9.17) is 13.9 Å². The molecule has 1 N–H and O–H groups in total. The molecule has 3 atom stereocenters. The Kier molecular flexibility index (Phi) is 4.81. The van der Waals surface area contributed by atoms with E-state index in [9.17, 15) is 14.7 Å². The van der Waals surface area contributed by atoms with E-state index in [0.717, 1.165) is 18.4 Å². The molecule has 1 amide bonds. The van der Waals surface area contributed by atoms with Gasteiger partial charge in [0, 0.05) is 31.0 Å². The molecule has 0 unspecified atom stereocenters. The Hall–Kier alpha value is -3.48. The van der Waals surface area contributed by atoms with Crippen molar-refractivity contribution < 1.29 is 23.8 Å². The van der Waals surface area contributed by atoms with Crippen molar-refractivity contribution in [2.75, 3.05) is 7.11 Å². The summed E-state index contributed by atoms with van der Waals surface area (Å²) >= 11 is 0. The number of fused-ring (bicyclic) bond motifs is 3. The summed E-state index contributed by atoms with van der Waals surface area (Å²) in [5.41, 5.74) is 1.04. The molecule has 2 aliphatic rings. The molecule has 7 nitrogen and oxygen atoms in total. The number of rotatable bonds is 4. The van der Waals surface area contributed by atoms with Gasteiger partial charge in [-0.25, -0.2) is 9.59 Å². The fraction of sp³-hybridized carbons (Fsp3) is 0.333. The minimum Gasteiger partial charge on any atom is -0.495 e. The number of amides is 1. The number of carboxylic acid groups (broad SMARTS) is 1. The Morgan fingerprint density at radius 1 is 1.10 bits per heavy atom. The van der Waals surface area contributed by atoms with E-state index in [1.54, 1.807) is 11.0 Å². The van der Waals surface area contributed by atoms with Crippen molar-refractivity contribution in [2.24, 2.45) is 0 Å². The SMILES string of the molecule is COc1c(-c2ccccc2)c(=O)oc2cc(O[C@@H]3C[C@H]4CC[C@@H](C3)N4C(=O)O)ccc12. The molecule has 1 aromatic heterocycles. The second kappa shape index (κ2) is 7.65. The molecule has 0 radical (unpaired) electrons. The monoisotopic (exact) mass is 421 g/mol. The number of carbonyl (C=O) groups is 1. The maximum atomic E-state index is 12.8. The molecule has 0 saturated carbocycles. The first kappa shape index (κ1) is 19.5. The van der Waals surface area contributed by atoms with E-state index in [2.05, 4.69) is 0 Å². The minimum absolute atomic E-state index is 0.00756. The fourth-order valence-electron chi connectivity index (χ4n) is 5.02. The summed E-state index contributed by atoms with van der Waals surface area (Å²) in [5.74, 6) is 1.06. The number of nitrogens with zero attached hydrogens (tertiary/aromatic N) is 1. The quantitative estimate of drug-likeness (QED) is 0.623. The molecule has 7 heteroatoms. The van der Waals surface area contributed by atoms with Gasteiger partial charge in [-0.3, -0.25) is 0 Å². The highest BCUT2D eigenvalue weighted by Crippen LogP contribution is 2.39. The second-order valence-corrected chi connectivity index (χ2v) is 8.11. The fourth-order valence-corrected chi connectivity index (χ4v) is 5.02. The molecule has 2 aliphatic heterocycles. The van der Waals surface area contributed by atoms with Crippen LogP contribution in [0, 0.1) is 0 Å². The standard InChI is InChI=1S/C24H23NO6/c1-29-22-19-10-9-17(30-18-11-15-7-8-16(12-18)25(15)24(27)28)13-20(19)31-23(26)21(22)14-5-3-2-4-6-14/h2-6,9-10,13,15-16,18H,7-8,11-12H2,1H3,(H,27,28)/t15-,16+,18-. The normalized spacial score (nSPS) is 22.5. The van der Waals surface area contributed by atoms with Gasteiger partial charge in [-0.05, 0) is 30.5 Å². The number of hydrogen-bond donors (Lipinski definition) is 1. The highest BCUT2D eigenvalue weighted by atomic mass is 16.5. The van der Waals surface area contributed by atoms with Gasteiger partial charge < -0.3 is 23.9 Å². The van der Waals surface area contributed by atoms with Gasteiger partial charge in [-0.15, -0.1) is 0 Å². The molecule has 2 aromatic carbocycles. The molecule has 3 heterocycles. The number of benzene rings is 2. The largest absolute Gasteiger partial charge is 0.495 e. The Morgan fingerprint density at radius 3 is 2.45 bits per heavy atom. The summed E-state index contributed by atoms with van der Waals surface area (Å²) in [6, 6.07) is 14.7. The van der Waals surface area contributed by atoms with Crippen molar-refractivity contribution in [2.45, 2.75) is 43.9 Å². The topological polar surface area (TPSA) is 89.2 Å². The number of piperidine rings is 1. The van der Waals surface area contributed by atoms with Gasteiger partial charge in [0.25, 0.3) is 0 Å². The van der Waals surface area contributed by atoms with Gasteiger partial charge in [-0.2, -0.15) is 0 Å². The van der Waals surface area contributed by atoms with Crippen molar-refractivity contribution in [1.29, 1.82) is 0 Å². The maximum absolute atomic E-state index is 12.8. The summed E-state index contributed by atoms with van der Waals surface area (Å²) < 4.78 is 17.4. The van der Waals surface area contributed by atoms with E-state index < -0.39 is 11.7 Å². The van der Waals surface area contributed by atoms with Crippen LogP contribution in [0.15, 0.2) is 57.7 Å². The Labute approximate surface area is 178 Å². The van der Waals surface area contributed by atoms with Crippen LogP contribution in [0.2, 0.25) is 0 Å². The molecule has 2 saturated heterocycles. The summed E-state index contributed by atoms with van der Waals surface area (Å²) in [4.78, 5) is 25.8. The molecule has 5 rings (SSSR count). The van der Waals surface area contributed by atoms with Crippen LogP contribution in [0.5, 0.6) is 11.5 Å².